The summed E-state index contributed by atoms with van der Waals surface area (Å²) in [5.41, 5.74) is 0.912. The third-order valence-electron chi connectivity index (χ3n) is 2.55. The van der Waals surface area contributed by atoms with E-state index in [1.165, 1.54) is 0 Å². The first-order valence-electron chi connectivity index (χ1n) is 5.64. The number of nitrogens with one attached hydrogen (secondary N) is 1. The molecule has 1 N–H and O–H groups in total. The zero-order valence-electron chi connectivity index (χ0n) is 10.7. The van der Waals surface area contributed by atoms with Crippen molar-refractivity contribution in [3.8, 4) is 0 Å². The maximum absolute atomic E-state index is 12.1. The molecule has 0 heterocycles. The molecular weight excluding hydrogens is 334 g/mol. The summed E-state index contributed by atoms with van der Waals surface area (Å²) >= 11 is 5.08. The Labute approximate surface area is 122 Å². The molecule has 1 aromatic carbocycles. The van der Waals surface area contributed by atoms with E-state index in [2.05, 4.69) is 20.7 Å². The molecule has 1 unspecified atom stereocenters. The topological polar surface area (TPSA) is 46.2 Å². The molecule has 3 nitrogen and oxygen atoms in total. The van der Waals surface area contributed by atoms with Gasteiger partial charge < -0.3 is 0 Å². The summed E-state index contributed by atoms with van der Waals surface area (Å²) < 4.78 is 27.9. The molecule has 0 saturated heterocycles. The summed E-state index contributed by atoms with van der Waals surface area (Å²) in [6.07, 6.45) is 2.84. The molecule has 0 saturated carbocycles. The van der Waals surface area contributed by atoms with Crippen molar-refractivity contribution in [1.82, 2.24) is 4.72 Å². The average Bonchev–Trinajstić information content (AvgIpc) is 2.29. The fourth-order valence-electron chi connectivity index (χ4n) is 1.47. The minimum absolute atomic E-state index is 0.0496. The van der Waals surface area contributed by atoms with Crippen LogP contribution in [0.1, 0.15) is 18.9 Å². The van der Waals surface area contributed by atoms with E-state index in [1.54, 1.807) is 30.0 Å². The second kappa shape index (κ2) is 6.93. The zero-order chi connectivity index (χ0) is 13.8. The molecular formula is C12H18BrNO2S2. The lowest BCUT2D eigenvalue weighted by Crippen LogP contribution is -2.33. The van der Waals surface area contributed by atoms with Crippen LogP contribution in [0.3, 0.4) is 0 Å². The van der Waals surface area contributed by atoms with Gasteiger partial charge in [-0.2, -0.15) is 11.8 Å². The Morgan fingerprint density at radius 3 is 2.67 bits per heavy atom. The molecule has 0 aliphatic carbocycles. The van der Waals surface area contributed by atoms with Crippen LogP contribution in [0.25, 0.3) is 0 Å². The van der Waals surface area contributed by atoms with Crippen molar-refractivity contribution in [3.63, 3.8) is 0 Å². The van der Waals surface area contributed by atoms with E-state index >= 15 is 0 Å². The summed E-state index contributed by atoms with van der Waals surface area (Å²) in [6, 6.07) is 5.00. The highest BCUT2D eigenvalue weighted by Gasteiger charge is 2.17. The smallest absolute Gasteiger partial charge is 0.208 e. The molecule has 0 radical (unpaired) electrons. The monoisotopic (exact) mass is 351 g/mol. The lowest BCUT2D eigenvalue weighted by Gasteiger charge is -2.14. The SMILES string of the molecule is CSCCC(C)NS(=O)(=O)c1ccc(Br)c(C)c1. The zero-order valence-corrected chi connectivity index (χ0v) is 14.0. The lowest BCUT2D eigenvalue weighted by atomic mass is 10.2. The molecule has 1 aromatic rings. The van der Waals surface area contributed by atoms with Crippen molar-refractivity contribution in [3.05, 3.63) is 28.2 Å². The largest absolute Gasteiger partial charge is 0.240 e. The molecule has 0 bridgehead atoms. The molecule has 1 rings (SSSR count). The number of hydrogen-bond donors (Lipinski definition) is 1. The summed E-state index contributed by atoms with van der Waals surface area (Å²) in [5.74, 6) is 0.947. The van der Waals surface area contributed by atoms with Crippen LogP contribution in [0.2, 0.25) is 0 Å². The number of aryl methyl sites for hydroxylation is 1. The van der Waals surface area contributed by atoms with Crippen molar-refractivity contribution in [2.45, 2.75) is 31.2 Å². The Kier molecular flexibility index (Phi) is 6.17. The molecule has 1 atom stereocenters. The Bertz CT molecular complexity index is 503. The van der Waals surface area contributed by atoms with E-state index in [1.807, 2.05) is 20.1 Å². The van der Waals surface area contributed by atoms with Crippen LogP contribution in [0.4, 0.5) is 0 Å². The van der Waals surface area contributed by atoms with Gasteiger partial charge in [0.2, 0.25) is 10.0 Å². The highest BCUT2D eigenvalue weighted by molar-refractivity contribution is 9.10. The number of halogens is 1. The second-order valence-electron chi connectivity index (χ2n) is 4.21. The maximum atomic E-state index is 12.1. The number of sulfonamides is 1. The Morgan fingerprint density at radius 1 is 1.44 bits per heavy atom. The van der Waals surface area contributed by atoms with E-state index < -0.39 is 10.0 Å². The van der Waals surface area contributed by atoms with Gasteiger partial charge in [0, 0.05) is 10.5 Å². The van der Waals surface area contributed by atoms with Crippen molar-refractivity contribution < 1.29 is 8.42 Å². The second-order valence-corrected chi connectivity index (χ2v) is 7.77. The first-order valence-corrected chi connectivity index (χ1v) is 9.31. The third-order valence-corrected chi connectivity index (χ3v) is 5.67. The van der Waals surface area contributed by atoms with Gasteiger partial charge in [0.25, 0.3) is 0 Å². The number of benzene rings is 1. The lowest BCUT2D eigenvalue weighted by molar-refractivity contribution is 0.557. The van der Waals surface area contributed by atoms with E-state index in [0.717, 1.165) is 22.2 Å². The highest BCUT2D eigenvalue weighted by Crippen LogP contribution is 2.20. The number of hydrogen-bond acceptors (Lipinski definition) is 3. The van der Waals surface area contributed by atoms with Crippen LogP contribution >= 0.6 is 27.7 Å². The van der Waals surface area contributed by atoms with Gasteiger partial charge in [-0.15, -0.1) is 0 Å². The number of thioether (sulfide) groups is 1. The maximum Gasteiger partial charge on any atom is 0.240 e. The number of rotatable bonds is 6. The molecule has 0 spiro atoms. The van der Waals surface area contributed by atoms with E-state index in [0.29, 0.717) is 4.90 Å². The molecule has 0 aliphatic rings. The highest BCUT2D eigenvalue weighted by atomic mass is 79.9. The summed E-state index contributed by atoms with van der Waals surface area (Å²) in [4.78, 5) is 0.319. The quantitative estimate of drug-likeness (QED) is 0.855. The molecule has 18 heavy (non-hydrogen) atoms. The van der Waals surface area contributed by atoms with Crippen molar-refractivity contribution >= 4 is 37.7 Å². The van der Waals surface area contributed by atoms with Crippen molar-refractivity contribution in [2.75, 3.05) is 12.0 Å². The van der Waals surface area contributed by atoms with Gasteiger partial charge in [0.15, 0.2) is 0 Å². The summed E-state index contributed by atoms with van der Waals surface area (Å²) in [5, 5.41) is 0. The normalized spacial score (nSPS) is 13.6. The van der Waals surface area contributed by atoms with Crippen LogP contribution in [0.15, 0.2) is 27.6 Å². The molecule has 0 aliphatic heterocycles. The Hall–Kier alpha value is -0.0400. The van der Waals surface area contributed by atoms with Crippen LogP contribution in [-0.4, -0.2) is 26.5 Å². The van der Waals surface area contributed by atoms with E-state index in [4.69, 9.17) is 0 Å². The third kappa shape index (κ3) is 4.57. The fraction of sp³-hybridized carbons (Fsp3) is 0.500. The average molecular weight is 352 g/mol. The van der Waals surface area contributed by atoms with Crippen LogP contribution in [0.5, 0.6) is 0 Å². The molecule has 0 aromatic heterocycles. The van der Waals surface area contributed by atoms with Crippen LogP contribution < -0.4 is 4.72 Å². The van der Waals surface area contributed by atoms with Gasteiger partial charge in [-0.25, -0.2) is 13.1 Å². The minimum atomic E-state index is -3.41. The van der Waals surface area contributed by atoms with Gasteiger partial charge >= 0.3 is 0 Å². The molecule has 102 valence electrons. The van der Waals surface area contributed by atoms with Crippen LogP contribution in [0, 0.1) is 6.92 Å². The Balaban J connectivity index is 2.83. The van der Waals surface area contributed by atoms with E-state index in [-0.39, 0.29) is 6.04 Å². The van der Waals surface area contributed by atoms with Gasteiger partial charge in [-0.3, -0.25) is 0 Å². The summed E-state index contributed by atoms with van der Waals surface area (Å²) in [6.45, 7) is 3.76. The predicted octanol–water partition coefficient (Wildman–Crippen LogP) is 3.18. The molecule has 6 heteroatoms. The summed E-state index contributed by atoms with van der Waals surface area (Å²) in [7, 11) is -3.41. The molecule has 0 fully saturated rings. The van der Waals surface area contributed by atoms with Crippen molar-refractivity contribution in [1.29, 1.82) is 0 Å². The first kappa shape index (κ1) is 16.0. The van der Waals surface area contributed by atoms with Gasteiger partial charge in [0.1, 0.15) is 0 Å². The fourth-order valence-corrected chi connectivity index (χ4v) is 3.67. The Morgan fingerprint density at radius 2 is 2.11 bits per heavy atom. The standard InChI is InChI=1S/C12H18BrNO2S2/c1-9-8-11(4-5-12(9)13)18(15,16)14-10(2)6-7-17-3/h4-5,8,10,14H,6-7H2,1-3H3. The van der Waals surface area contributed by atoms with Gasteiger partial charge in [-0.1, -0.05) is 15.9 Å². The molecule has 0 amide bonds. The predicted molar refractivity (Wildman–Crippen MR) is 81.7 cm³/mol. The van der Waals surface area contributed by atoms with Gasteiger partial charge in [0.05, 0.1) is 4.90 Å². The van der Waals surface area contributed by atoms with E-state index in [9.17, 15) is 8.42 Å². The van der Waals surface area contributed by atoms with Crippen LogP contribution in [-0.2, 0) is 10.0 Å². The van der Waals surface area contributed by atoms with Crippen molar-refractivity contribution in [2.24, 2.45) is 0 Å². The minimum Gasteiger partial charge on any atom is -0.208 e. The first-order chi connectivity index (χ1) is 8.36. The van der Waals surface area contributed by atoms with Gasteiger partial charge in [-0.05, 0) is 56.0 Å².